The Morgan fingerprint density at radius 1 is 1.48 bits per heavy atom. The smallest absolute Gasteiger partial charge is 0.119 e. The molecule has 0 aliphatic carbocycles. The normalized spacial score (nSPS) is 19.7. The van der Waals surface area contributed by atoms with E-state index in [2.05, 4.69) is 16.5 Å². The topological polar surface area (TPSA) is 62.3 Å². The molecule has 1 aliphatic rings. The third-order valence-electron chi connectivity index (χ3n) is 4.14. The van der Waals surface area contributed by atoms with Crippen LogP contribution in [0, 0.1) is 12.8 Å². The van der Waals surface area contributed by atoms with E-state index in [1.54, 1.807) is 7.11 Å². The summed E-state index contributed by atoms with van der Waals surface area (Å²) in [5.41, 5.74) is 9.66. The minimum Gasteiger partial charge on any atom is -0.497 e. The summed E-state index contributed by atoms with van der Waals surface area (Å²) in [4.78, 5) is 4.29. The van der Waals surface area contributed by atoms with Crippen molar-refractivity contribution in [1.82, 2.24) is 9.55 Å². The molecule has 0 radical (unpaired) electrons. The predicted octanol–water partition coefficient (Wildman–Crippen LogP) is 2.23. The molecule has 21 heavy (non-hydrogen) atoms. The van der Waals surface area contributed by atoms with Gasteiger partial charge in [-0.25, -0.2) is 4.98 Å². The van der Waals surface area contributed by atoms with Crippen molar-refractivity contribution in [3.05, 3.63) is 42.0 Å². The third-order valence-corrected chi connectivity index (χ3v) is 4.14. The van der Waals surface area contributed by atoms with Gasteiger partial charge in [-0.15, -0.1) is 0 Å². The second-order valence-corrected chi connectivity index (χ2v) is 5.49. The molecule has 3 rings (SSSR count). The maximum atomic E-state index is 6.42. The Balaban J connectivity index is 1.94. The van der Waals surface area contributed by atoms with Gasteiger partial charge < -0.3 is 19.8 Å². The molecule has 0 saturated carbocycles. The number of hydrogen-bond donors (Lipinski definition) is 1. The number of nitrogens with zero attached hydrogens (tertiary/aromatic N) is 2. The van der Waals surface area contributed by atoms with Gasteiger partial charge in [-0.2, -0.15) is 0 Å². The number of aromatic nitrogens is 2. The monoisotopic (exact) mass is 287 g/mol. The number of rotatable bonds is 4. The second-order valence-electron chi connectivity index (χ2n) is 5.49. The Hall–Kier alpha value is -1.85. The van der Waals surface area contributed by atoms with Crippen LogP contribution >= 0.6 is 0 Å². The lowest BCUT2D eigenvalue weighted by atomic mass is 9.97. The van der Waals surface area contributed by atoms with Crippen LogP contribution in [0.25, 0.3) is 5.69 Å². The van der Waals surface area contributed by atoms with Crippen LogP contribution in [0.1, 0.15) is 23.7 Å². The molecule has 2 N–H and O–H groups in total. The summed E-state index contributed by atoms with van der Waals surface area (Å²) in [5.74, 6) is 1.21. The summed E-state index contributed by atoms with van der Waals surface area (Å²) in [6.45, 7) is 3.59. The number of methoxy groups -OCH3 is 1. The molecule has 1 saturated heterocycles. The van der Waals surface area contributed by atoms with Crippen molar-refractivity contribution in [1.29, 1.82) is 0 Å². The van der Waals surface area contributed by atoms with Crippen molar-refractivity contribution >= 4 is 0 Å². The Morgan fingerprint density at radius 2 is 2.33 bits per heavy atom. The van der Waals surface area contributed by atoms with Gasteiger partial charge in [-0.3, -0.25) is 0 Å². The molecule has 2 unspecified atom stereocenters. The van der Waals surface area contributed by atoms with E-state index < -0.39 is 0 Å². The molecule has 0 bridgehead atoms. The van der Waals surface area contributed by atoms with E-state index in [1.165, 1.54) is 0 Å². The molecule has 5 nitrogen and oxygen atoms in total. The molecule has 2 aromatic rings. The highest BCUT2D eigenvalue weighted by atomic mass is 16.5. The van der Waals surface area contributed by atoms with Gasteiger partial charge in [0.25, 0.3) is 0 Å². The zero-order valence-corrected chi connectivity index (χ0v) is 12.5. The summed E-state index contributed by atoms with van der Waals surface area (Å²) >= 11 is 0. The first-order chi connectivity index (χ1) is 10.2. The first kappa shape index (κ1) is 14.1. The molecule has 2 atom stereocenters. The van der Waals surface area contributed by atoms with Crippen LogP contribution < -0.4 is 10.5 Å². The number of ether oxygens (including phenoxy) is 2. The van der Waals surface area contributed by atoms with Crippen LogP contribution in [0.3, 0.4) is 0 Å². The van der Waals surface area contributed by atoms with E-state index in [4.69, 9.17) is 15.2 Å². The Morgan fingerprint density at radius 3 is 3.00 bits per heavy atom. The van der Waals surface area contributed by atoms with Crippen LogP contribution in [0.15, 0.2) is 30.7 Å². The first-order valence-corrected chi connectivity index (χ1v) is 7.21. The molecular formula is C16H21N3O2. The molecule has 112 valence electrons. The predicted molar refractivity (Wildman–Crippen MR) is 80.7 cm³/mol. The van der Waals surface area contributed by atoms with Crippen LogP contribution in [-0.2, 0) is 4.74 Å². The number of nitrogens with two attached hydrogens (primary N) is 1. The summed E-state index contributed by atoms with van der Waals surface area (Å²) in [6.07, 6.45) is 4.68. The molecule has 1 aliphatic heterocycles. The van der Waals surface area contributed by atoms with E-state index >= 15 is 0 Å². The average molecular weight is 287 g/mol. The van der Waals surface area contributed by atoms with Gasteiger partial charge in [0.15, 0.2) is 0 Å². The lowest BCUT2D eigenvalue weighted by Crippen LogP contribution is -2.24. The molecule has 1 aromatic heterocycles. The fourth-order valence-electron chi connectivity index (χ4n) is 2.86. The van der Waals surface area contributed by atoms with Gasteiger partial charge in [-0.1, -0.05) is 0 Å². The number of benzene rings is 1. The SMILES string of the molecule is COc1ccc(-n2cncc2C(N)C2CCOC2)c(C)c1. The van der Waals surface area contributed by atoms with Crippen LogP contribution in [-0.4, -0.2) is 29.9 Å². The van der Waals surface area contributed by atoms with Crippen molar-refractivity contribution in [3.63, 3.8) is 0 Å². The highest BCUT2D eigenvalue weighted by molar-refractivity contribution is 5.46. The molecule has 2 heterocycles. The maximum Gasteiger partial charge on any atom is 0.119 e. The molecule has 1 fully saturated rings. The van der Waals surface area contributed by atoms with E-state index in [0.717, 1.165) is 42.3 Å². The summed E-state index contributed by atoms with van der Waals surface area (Å²) in [5, 5.41) is 0. The molecular weight excluding hydrogens is 266 g/mol. The average Bonchev–Trinajstić information content (AvgIpc) is 3.17. The maximum absolute atomic E-state index is 6.42. The zero-order valence-electron chi connectivity index (χ0n) is 12.5. The fourth-order valence-corrected chi connectivity index (χ4v) is 2.86. The zero-order chi connectivity index (χ0) is 14.8. The van der Waals surface area contributed by atoms with Crippen LogP contribution in [0.4, 0.5) is 0 Å². The number of aryl methyl sites for hydroxylation is 1. The fraction of sp³-hybridized carbons (Fsp3) is 0.438. The summed E-state index contributed by atoms with van der Waals surface area (Å²) in [6, 6.07) is 5.95. The van der Waals surface area contributed by atoms with Gasteiger partial charge in [-0.05, 0) is 37.1 Å². The van der Waals surface area contributed by atoms with E-state index in [1.807, 2.05) is 30.7 Å². The van der Waals surface area contributed by atoms with E-state index in [9.17, 15) is 0 Å². The first-order valence-electron chi connectivity index (χ1n) is 7.21. The van der Waals surface area contributed by atoms with Crippen molar-refractivity contribution in [2.45, 2.75) is 19.4 Å². The van der Waals surface area contributed by atoms with Crippen molar-refractivity contribution in [2.24, 2.45) is 11.7 Å². The van der Waals surface area contributed by atoms with Crippen LogP contribution in [0.5, 0.6) is 5.75 Å². The molecule has 1 aromatic carbocycles. The molecule has 0 spiro atoms. The number of imidazole rings is 1. The lowest BCUT2D eigenvalue weighted by Gasteiger charge is -2.20. The highest BCUT2D eigenvalue weighted by Crippen LogP contribution is 2.29. The van der Waals surface area contributed by atoms with Crippen molar-refractivity contribution in [3.8, 4) is 11.4 Å². The second kappa shape index (κ2) is 5.87. The van der Waals surface area contributed by atoms with Crippen molar-refractivity contribution < 1.29 is 9.47 Å². The minimum absolute atomic E-state index is 0.0588. The number of hydrogen-bond acceptors (Lipinski definition) is 4. The minimum atomic E-state index is -0.0588. The van der Waals surface area contributed by atoms with Gasteiger partial charge in [0.1, 0.15) is 5.75 Å². The van der Waals surface area contributed by atoms with E-state index in [-0.39, 0.29) is 6.04 Å². The van der Waals surface area contributed by atoms with Gasteiger partial charge in [0.05, 0.1) is 43.7 Å². The third kappa shape index (κ3) is 2.66. The molecule has 0 amide bonds. The van der Waals surface area contributed by atoms with Crippen molar-refractivity contribution in [2.75, 3.05) is 20.3 Å². The quantitative estimate of drug-likeness (QED) is 0.936. The molecule has 5 heteroatoms. The van der Waals surface area contributed by atoms with Gasteiger partial charge in [0.2, 0.25) is 0 Å². The largest absolute Gasteiger partial charge is 0.497 e. The van der Waals surface area contributed by atoms with Crippen LogP contribution in [0.2, 0.25) is 0 Å². The van der Waals surface area contributed by atoms with Gasteiger partial charge in [0, 0.05) is 12.5 Å². The summed E-state index contributed by atoms with van der Waals surface area (Å²) in [7, 11) is 1.67. The Kier molecular flexibility index (Phi) is 3.94. The van der Waals surface area contributed by atoms with E-state index in [0.29, 0.717) is 5.92 Å². The Labute approximate surface area is 124 Å². The Bertz CT molecular complexity index is 618. The highest BCUT2D eigenvalue weighted by Gasteiger charge is 2.26. The standard InChI is InChI=1S/C16H21N3O2/c1-11-7-13(20-2)3-4-14(11)19-10-18-8-15(19)16(17)12-5-6-21-9-12/h3-4,7-8,10,12,16H,5-6,9,17H2,1-2H3. The summed E-state index contributed by atoms with van der Waals surface area (Å²) < 4.78 is 12.8. The van der Waals surface area contributed by atoms with Gasteiger partial charge >= 0.3 is 0 Å². The lowest BCUT2D eigenvalue weighted by molar-refractivity contribution is 0.180.